The van der Waals surface area contributed by atoms with Gasteiger partial charge in [0, 0.05) is 23.8 Å². The highest BCUT2D eigenvalue weighted by Gasteiger charge is 2.29. The molecule has 4 rings (SSSR count). The molecule has 0 fully saturated rings. The van der Waals surface area contributed by atoms with Crippen LogP contribution in [0.15, 0.2) is 42.5 Å². The van der Waals surface area contributed by atoms with Gasteiger partial charge in [-0.3, -0.25) is 0 Å². The molecule has 1 aliphatic carbocycles. The molecule has 0 heterocycles. The predicted molar refractivity (Wildman–Crippen MR) is 164 cm³/mol. The zero-order valence-electron chi connectivity index (χ0n) is 24.7. The highest BCUT2D eigenvalue weighted by molar-refractivity contribution is 5.92. The van der Waals surface area contributed by atoms with Crippen molar-refractivity contribution >= 4 is 10.8 Å². The molecule has 0 aromatic heterocycles. The maximum absolute atomic E-state index is 11.6. The van der Waals surface area contributed by atoms with Gasteiger partial charge in [0.05, 0.1) is 39.1 Å². The zero-order valence-corrected chi connectivity index (χ0v) is 24.7. The second-order valence-corrected chi connectivity index (χ2v) is 11.2. The van der Waals surface area contributed by atoms with Gasteiger partial charge in [0.2, 0.25) is 0 Å². The maximum Gasteiger partial charge on any atom is 0.168 e. The molecule has 0 bridgehead atoms. The van der Waals surface area contributed by atoms with Gasteiger partial charge in [-0.25, -0.2) is 0 Å². The van der Waals surface area contributed by atoms with Crippen LogP contribution in [0.25, 0.3) is 21.9 Å². The molecular formula is C35H44O7. The highest BCUT2D eigenvalue weighted by Crippen LogP contribution is 2.43. The third-order valence-electron chi connectivity index (χ3n) is 8.45. The van der Waals surface area contributed by atoms with Crippen molar-refractivity contribution in [3.05, 3.63) is 53.6 Å². The van der Waals surface area contributed by atoms with Crippen LogP contribution >= 0.6 is 0 Å². The molecule has 7 heteroatoms. The van der Waals surface area contributed by atoms with E-state index in [0.29, 0.717) is 47.6 Å². The molecule has 0 aliphatic heterocycles. The molecule has 4 atom stereocenters. The number of aryl methyl sites for hydroxylation is 1. The molecule has 1 aliphatic rings. The Morgan fingerprint density at radius 2 is 1.79 bits per heavy atom. The van der Waals surface area contributed by atoms with Crippen molar-refractivity contribution in [1.29, 1.82) is 0 Å². The lowest BCUT2D eigenvalue weighted by Crippen LogP contribution is -2.35. The molecule has 7 nitrogen and oxygen atoms in total. The van der Waals surface area contributed by atoms with Crippen LogP contribution in [0, 0.1) is 23.7 Å². The van der Waals surface area contributed by atoms with Crippen LogP contribution in [0.3, 0.4) is 0 Å². The average molecular weight is 577 g/mol. The van der Waals surface area contributed by atoms with Gasteiger partial charge in [-0.2, -0.15) is 0 Å². The molecule has 226 valence electrons. The number of fused-ring (bicyclic) bond motifs is 1. The van der Waals surface area contributed by atoms with Crippen LogP contribution in [-0.2, 0) is 17.8 Å². The fourth-order valence-electron chi connectivity index (χ4n) is 6.11. The Morgan fingerprint density at radius 3 is 2.52 bits per heavy atom. The van der Waals surface area contributed by atoms with Crippen LogP contribution in [0.5, 0.6) is 17.2 Å². The lowest BCUT2D eigenvalue weighted by atomic mass is 9.84. The van der Waals surface area contributed by atoms with E-state index < -0.39 is 6.10 Å². The molecule has 3 aromatic carbocycles. The first-order valence-electron chi connectivity index (χ1n) is 15.0. The van der Waals surface area contributed by atoms with E-state index in [1.807, 2.05) is 24.3 Å². The van der Waals surface area contributed by atoms with Gasteiger partial charge in [-0.1, -0.05) is 37.8 Å². The Kier molecular flexibility index (Phi) is 11.5. The van der Waals surface area contributed by atoms with E-state index in [4.69, 9.17) is 9.47 Å². The summed E-state index contributed by atoms with van der Waals surface area (Å²) in [5, 5.41) is 53.6. The zero-order chi connectivity index (χ0) is 30.1. The van der Waals surface area contributed by atoms with Gasteiger partial charge in [-0.05, 0) is 89.9 Å². The second kappa shape index (κ2) is 15.3. The summed E-state index contributed by atoms with van der Waals surface area (Å²) in [5.41, 5.74) is 2.87. The number of phenolic OH excluding ortho intramolecular Hbond substituents is 2. The van der Waals surface area contributed by atoms with Gasteiger partial charge in [-0.15, -0.1) is 5.92 Å². The van der Waals surface area contributed by atoms with E-state index in [-0.39, 0.29) is 43.3 Å². The van der Waals surface area contributed by atoms with E-state index in [9.17, 15) is 25.5 Å². The van der Waals surface area contributed by atoms with E-state index in [0.717, 1.165) is 48.4 Å². The van der Waals surface area contributed by atoms with Gasteiger partial charge in [0.15, 0.2) is 11.5 Å². The molecule has 3 aromatic rings. The summed E-state index contributed by atoms with van der Waals surface area (Å²) >= 11 is 0. The van der Waals surface area contributed by atoms with Gasteiger partial charge in [0.25, 0.3) is 0 Å². The minimum absolute atomic E-state index is 0.0166. The normalized spacial score (nSPS) is 20.1. The molecule has 0 amide bonds. The van der Waals surface area contributed by atoms with E-state index in [2.05, 4.69) is 18.8 Å². The fourth-order valence-corrected chi connectivity index (χ4v) is 6.11. The molecule has 0 spiro atoms. The van der Waals surface area contributed by atoms with Crippen molar-refractivity contribution in [2.75, 3.05) is 20.3 Å². The Labute approximate surface area is 248 Å². The Balaban J connectivity index is 1.68. The number of aliphatic hydroxyl groups excluding tert-OH is 3. The van der Waals surface area contributed by atoms with E-state index in [1.165, 1.54) is 7.11 Å². The molecule has 0 unspecified atom stereocenters. The van der Waals surface area contributed by atoms with Crippen molar-refractivity contribution in [3.8, 4) is 40.2 Å². The first-order chi connectivity index (χ1) is 20.4. The minimum Gasteiger partial charge on any atom is -0.508 e. The van der Waals surface area contributed by atoms with Gasteiger partial charge >= 0.3 is 0 Å². The Hall–Kier alpha value is -3.28. The smallest absolute Gasteiger partial charge is 0.168 e. The van der Waals surface area contributed by atoms with Gasteiger partial charge in [0.1, 0.15) is 5.75 Å². The molecular weight excluding hydrogens is 532 g/mol. The lowest BCUT2D eigenvalue weighted by molar-refractivity contribution is -0.0515. The summed E-state index contributed by atoms with van der Waals surface area (Å²) in [4.78, 5) is 0. The first-order valence-corrected chi connectivity index (χ1v) is 15.0. The molecule has 5 N–H and O–H groups in total. The number of methoxy groups -OCH3 is 1. The maximum atomic E-state index is 11.6. The van der Waals surface area contributed by atoms with Crippen LogP contribution in [0.2, 0.25) is 0 Å². The summed E-state index contributed by atoms with van der Waals surface area (Å²) in [6.07, 6.45) is 5.47. The SMILES string of the molecule is CC[C@@H]1C#CC[C@H]([C@H](O)CCc2ccc(O)c(OC)c2-c2cc3ccc(O)cc3cc2CO)[C@@H](OCCO)CCCC1. The standard InChI is InChI=1S/C35H44O7/c1-3-23-7-4-5-10-33(42-18-17-36)29(9-6-8-23)31(39)15-12-24-13-16-32(40)35(41-2)34(24)30-21-25-11-14-28(38)20-26(25)19-27(30)22-37/h11,13-14,16,19-21,23,29,31,33,36-40H,3-5,7,9-10,12,15,17-18,22H2,1-2H3/t23-,29+,31+,33-/m0/s1. The number of aliphatic hydroxyl groups is 3. The molecule has 0 saturated carbocycles. The lowest BCUT2D eigenvalue weighted by Gasteiger charge is -2.31. The van der Waals surface area contributed by atoms with Crippen molar-refractivity contribution in [2.45, 2.75) is 77.1 Å². The van der Waals surface area contributed by atoms with Crippen molar-refractivity contribution in [2.24, 2.45) is 11.8 Å². The van der Waals surface area contributed by atoms with Crippen LogP contribution in [0.4, 0.5) is 0 Å². The Morgan fingerprint density at radius 1 is 0.976 bits per heavy atom. The van der Waals surface area contributed by atoms with Crippen LogP contribution in [-0.4, -0.2) is 58.1 Å². The topological polar surface area (TPSA) is 120 Å². The average Bonchev–Trinajstić information content (AvgIpc) is 3.00. The second-order valence-electron chi connectivity index (χ2n) is 11.2. The number of aromatic hydroxyl groups is 2. The number of benzene rings is 3. The number of ether oxygens (including phenoxy) is 2. The third-order valence-corrected chi connectivity index (χ3v) is 8.45. The summed E-state index contributed by atoms with van der Waals surface area (Å²) in [5.74, 6) is 7.34. The minimum atomic E-state index is -0.702. The summed E-state index contributed by atoms with van der Waals surface area (Å²) in [6.45, 7) is 2.07. The van der Waals surface area contributed by atoms with Crippen LogP contribution in [0.1, 0.15) is 63.0 Å². The number of hydrogen-bond donors (Lipinski definition) is 5. The first kappa shape index (κ1) is 31.7. The summed E-state index contributed by atoms with van der Waals surface area (Å²) < 4.78 is 11.7. The molecule has 0 saturated heterocycles. The number of hydrogen-bond acceptors (Lipinski definition) is 7. The molecule has 0 radical (unpaired) electrons. The van der Waals surface area contributed by atoms with Crippen molar-refractivity contribution < 1.29 is 35.0 Å². The van der Waals surface area contributed by atoms with Gasteiger partial charge < -0.3 is 35.0 Å². The highest BCUT2D eigenvalue weighted by atomic mass is 16.5. The quantitative estimate of drug-likeness (QED) is 0.186. The van der Waals surface area contributed by atoms with Crippen LogP contribution < -0.4 is 4.74 Å². The number of rotatable bonds is 11. The third kappa shape index (κ3) is 7.56. The van der Waals surface area contributed by atoms with Crippen molar-refractivity contribution in [1.82, 2.24) is 0 Å². The fraction of sp³-hybridized carbons (Fsp3) is 0.486. The predicted octanol–water partition coefficient (Wildman–Crippen LogP) is 5.70. The monoisotopic (exact) mass is 576 g/mol. The summed E-state index contributed by atoms with van der Waals surface area (Å²) in [7, 11) is 1.50. The van der Waals surface area contributed by atoms with E-state index in [1.54, 1.807) is 18.2 Å². The number of phenols is 2. The molecule has 42 heavy (non-hydrogen) atoms. The summed E-state index contributed by atoms with van der Waals surface area (Å²) in [6, 6.07) is 12.3. The van der Waals surface area contributed by atoms with E-state index >= 15 is 0 Å². The largest absolute Gasteiger partial charge is 0.508 e. The Bertz CT molecular complexity index is 1390. The van der Waals surface area contributed by atoms with Crippen molar-refractivity contribution in [3.63, 3.8) is 0 Å².